The number of hydrogen-bond acceptors (Lipinski definition) is 7. The molecule has 1 aromatic heterocycles. The maximum absolute atomic E-state index is 11.3. The number of anilines is 2. The Morgan fingerprint density at radius 1 is 1.07 bits per heavy atom. The summed E-state index contributed by atoms with van der Waals surface area (Å²) in [5, 5.41) is 6.07. The van der Waals surface area contributed by atoms with Crippen molar-refractivity contribution < 1.29 is 19.0 Å². The number of nitrogens with zero attached hydrogens (tertiary/aromatic N) is 1. The Labute approximate surface area is 161 Å². The van der Waals surface area contributed by atoms with Crippen molar-refractivity contribution in [3.63, 3.8) is 0 Å². The number of rotatable bonds is 8. The minimum Gasteiger partial charge on any atom is -0.497 e. The van der Waals surface area contributed by atoms with E-state index in [9.17, 15) is 4.79 Å². The van der Waals surface area contributed by atoms with Crippen molar-refractivity contribution in [1.82, 2.24) is 4.98 Å². The highest BCUT2D eigenvalue weighted by molar-refractivity contribution is 7.14. The molecule has 0 fully saturated rings. The number of benzene rings is 2. The zero-order valence-corrected chi connectivity index (χ0v) is 15.9. The number of carbonyl (C=O) groups excluding carboxylic acids is 1. The fraction of sp³-hybridized carbons (Fsp3) is 0.200. The maximum Gasteiger partial charge on any atom is 0.344 e. The monoisotopic (exact) mass is 384 g/mol. The fourth-order valence-electron chi connectivity index (χ4n) is 2.33. The number of nitrogens with one attached hydrogen (secondary N) is 1. The van der Waals surface area contributed by atoms with Gasteiger partial charge in [-0.05, 0) is 55.5 Å². The summed E-state index contributed by atoms with van der Waals surface area (Å²) < 4.78 is 15.4. The molecule has 0 atom stereocenters. The van der Waals surface area contributed by atoms with Crippen LogP contribution in [0.4, 0.5) is 10.8 Å². The summed E-state index contributed by atoms with van der Waals surface area (Å²) in [6, 6.07) is 15.1. The molecule has 27 heavy (non-hydrogen) atoms. The molecule has 0 saturated heterocycles. The van der Waals surface area contributed by atoms with Crippen molar-refractivity contribution in [3.05, 3.63) is 53.9 Å². The SMILES string of the molecule is CCOC(=O)COc1ccc(-c2csc(Nc3ccc(OC)cc3)n2)cc1. The normalized spacial score (nSPS) is 10.3. The summed E-state index contributed by atoms with van der Waals surface area (Å²) in [6.45, 7) is 2.01. The Kier molecular flexibility index (Phi) is 6.27. The molecule has 3 aromatic rings. The summed E-state index contributed by atoms with van der Waals surface area (Å²) in [6.07, 6.45) is 0. The van der Waals surface area contributed by atoms with Gasteiger partial charge >= 0.3 is 5.97 Å². The molecule has 7 heteroatoms. The average molecular weight is 384 g/mol. The third kappa shape index (κ3) is 5.21. The van der Waals surface area contributed by atoms with Crippen LogP contribution in [-0.4, -0.2) is 31.3 Å². The van der Waals surface area contributed by atoms with Crippen molar-refractivity contribution >= 4 is 28.1 Å². The van der Waals surface area contributed by atoms with E-state index in [1.54, 1.807) is 14.0 Å². The van der Waals surface area contributed by atoms with Gasteiger partial charge in [0.25, 0.3) is 0 Å². The Bertz CT molecular complexity index is 876. The Balaban J connectivity index is 1.61. The first kappa shape index (κ1) is 18.7. The molecule has 0 radical (unpaired) electrons. The van der Waals surface area contributed by atoms with Gasteiger partial charge in [0.15, 0.2) is 11.7 Å². The standard InChI is InChI=1S/C20H20N2O4S/c1-3-25-19(23)12-26-17-8-4-14(5-9-17)18-13-27-20(22-18)21-15-6-10-16(24-2)11-7-15/h4-11,13H,3,12H2,1-2H3,(H,21,22). The van der Waals surface area contributed by atoms with E-state index >= 15 is 0 Å². The first-order chi connectivity index (χ1) is 13.2. The number of thiazole rings is 1. The molecule has 0 aliphatic rings. The number of ether oxygens (including phenoxy) is 3. The molecule has 1 heterocycles. The van der Waals surface area contributed by atoms with E-state index in [2.05, 4.69) is 10.3 Å². The molecular formula is C20H20N2O4S. The van der Waals surface area contributed by atoms with Gasteiger partial charge in [0.05, 0.1) is 19.4 Å². The van der Waals surface area contributed by atoms with Gasteiger partial charge in [-0.1, -0.05) is 0 Å². The minimum atomic E-state index is -0.379. The Morgan fingerprint density at radius 3 is 2.44 bits per heavy atom. The summed E-state index contributed by atoms with van der Waals surface area (Å²) in [4.78, 5) is 15.9. The highest BCUT2D eigenvalue weighted by Gasteiger charge is 2.07. The van der Waals surface area contributed by atoms with Crippen LogP contribution in [0.2, 0.25) is 0 Å². The van der Waals surface area contributed by atoms with Gasteiger partial charge in [-0.2, -0.15) is 0 Å². The van der Waals surface area contributed by atoms with Gasteiger partial charge in [-0.25, -0.2) is 9.78 Å². The lowest BCUT2D eigenvalue weighted by molar-refractivity contribution is -0.145. The van der Waals surface area contributed by atoms with Crippen LogP contribution in [0.1, 0.15) is 6.92 Å². The maximum atomic E-state index is 11.3. The molecule has 0 unspecified atom stereocenters. The van der Waals surface area contributed by atoms with E-state index in [4.69, 9.17) is 14.2 Å². The fourth-order valence-corrected chi connectivity index (χ4v) is 3.07. The van der Waals surface area contributed by atoms with E-state index in [1.165, 1.54) is 11.3 Å². The first-order valence-corrected chi connectivity index (χ1v) is 9.31. The van der Waals surface area contributed by atoms with Gasteiger partial charge < -0.3 is 19.5 Å². The molecule has 140 valence electrons. The number of esters is 1. The number of carbonyl (C=O) groups is 1. The van der Waals surface area contributed by atoms with E-state index in [1.807, 2.05) is 53.9 Å². The molecule has 0 bridgehead atoms. The molecule has 0 aliphatic carbocycles. The van der Waals surface area contributed by atoms with Crippen LogP contribution in [0.25, 0.3) is 11.3 Å². The summed E-state index contributed by atoms with van der Waals surface area (Å²) in [5.41, 5.74) is 2.78. The number of hydrogen-bond donors (Lipinski definition) is 1. The van der Waals surface area contributed by atoms with Crippen LogP contribution in [0.5, 0.6) is 11.5 Å². The quantitative estimate of drug-likeness (QED) is 0.577. The molecular weight excluding hydrogens is 364 g/mol. The van der Waals surface area contributed by atoms with Crippen molar-refractivity contribution in [2.24, 2.45) is 0 Å². The molecule has 0 aliphatic heterocycles. The number of aromatic nitrogens is 1. The first-order valence-electron chi connectivity index (χ1n) is 8.43. The van der Waals surface area contributed by atoms with Gasteiger partial charge in [0, 0.05) is 16.6 Å². The lowest BCUT2D eigenvalue weighted by Crippen LogP contribution is -2.14. The third-order valence-corrected chi connectivity index (χ3v) is 4.42. The lowest BCUT2D eigenvalue weighted by Gasteiger charge is -2.06. The third-order valence-electron chi connectivity index (χ3n) is 3.66. The molecule has 0 spiro atoms. The van der Waals surface area contributed by atoms with E-state index in [0.29, 0.717) is 12.4 Å². The van der Waals surface area contributed by atoms with Gasteiger partial charge in [-0.15, -0.1) is 11.3 Å². The van der Waals surface area contributed by atoms with Crippen LogP contribution in [0.3, 0.4) is 0 Å². The second-order valence-corrected chi connectivity index (χ2v) is 6.37. The van der Waals surface area contributed by atoms with Gasteiger partial charge in [0.1, 0.15) is 11.5 Å². The predicted molar refractivity (Wildman–Crippen MR) is 106 cm³/mol. The molecule has 6 nitrogen and oxygen atoms in total. The Morgan fingerprint density at radius 2 is 1.78 bits per heavy atom. The summed E-state index contributed by atoms with van der Waals surface area (Å²) >= 11 is 1.53. The highest BCUT2D eigenvalue weighted by Crippen LogP contribution is 2.28. The molecule has 0 amide bonds. The highest BCUT2D eigenvalue weighted by atomic mass is 32.1. The van der Waals surface area contributed by atoms with Crippen molar-refractivity contribution in [1.29, 1.82) is 0 Å². The smallest absolute Gasteiger partial charge is 0.344 e. The van der Waals surface area contributed by atoms with Gasteiger partial charge in [-0.3, -0.25) is 0 Å². The average Bonchev–Trinajstić information content (AvgIpc) is 3.16. The van der Waals surface area contributed by atoms with Crippen molar-refractivity contribution in [2.45, 2.75) is 6.92 Å². The largest absolute Gasteiger partial charge is 0.497 e. The molecule has 3 rings (SSSR count). The van der Waals surface area contributed by atoms with Crippen LogP contribution in [0, 0.1) is 0 Å². The minimum absolute atomic E-state index is 0.0974. The number of methoxy groups -OCH3 is 1. The van der Waals surface area contributed by atoms with Crippen LogP contribution in [0.15, 0.2) is 53.9 Å². The summed E-state index contributed by atoms with van der Waals surface area (Å²) in [5.74, 6) is 1.04. The lowest BCUT2D eigenvalue weighted by atomic mass is 10.2. The van der Waals surface area contributed by atoms with Crippen LogP contribution < -0.4 is 14.8 Å². The zero-order chi connectivity index (χ0) is 19.1. The second-order valence-electron chi connectivity index (χ2n) is 5.51. The second kappa shape index (κ2) is 9.05. The van der Waals surface area contributed by atoms with Crippen LogP contribution in [-0.2, 0) is 9.53 Å². The molecule has 0 saturated carbocycles. The molecule has 2 aromatic carbocycles. The van der Waals surface area contributed by atoms with Crippen LogP contribution >= 0.6 is 11.3 Å². The van der Waals surface area contributed by atoms with Gasteiger partial charge in [0.2, 0.25) is 0 Å². The van der Waals surface area contributed by atoms with E-state index in [0.717, 1.165) is 27.8 Å². The van der Waals surface area contributed by atoms with E-state index in [-0.39, 0.29) is 12.6 Å². The summed E-state index contributed by atoms with van der Waals surface area (Å²) in [7, 11) is 1.64. The van der Waals surface area contributed by atoms with E-state index < -0.39 is 0 Å². The van der Waals surface area contributed by atoms with Crippen molar-refractivity contribution in [2.75, 3.05) is 25.6 Å². The van der Waals surface area contributed by atoms with Crippen molar-refractivity contribution in [3.8, 4) is 22.8 Å². The zero-order valence-electron chi connectivity index (χ0n) is 15.1. The Hall–Kier alpha value is -3.06. The molecule has 1 N–H and O–H groups in total. The predicted octanol–water partition coefficient (Wildman–Crippen LogP) is 4.50. The topological polar surface area (TPSA) is 69.7 Å².